The molecular formula is C25H17N3. The minimum Gasteiger partial charge on any atom is -0.355 e. The Kier molecular flexibility index (Phi) is 3.17. The Labute approximate surface area is 161 Å². The molecule has 6 rings (SSSR count). The van der Waals surface area contributed by atoms with Gasteiger partial charge in [-0.2, -0.15) is 0 Å². The zero-order valence-electron chi connectivity index (χ0n) is 15.1. The minimum atomic E-state index is 0.903. The first kappa shape index (κ1) is 15.2. The van der Waals surface area contributed by atoms with Crippen molar-refractivity contribution in [1.29, 1.82) is 0 Å². The fraction of sp³-hybridized carbons (Fsp3) is 0. The van der Waals surface area contributed by atoms with E-state index in [-0.39, 0.29) is 0 Å². The van der Waals surface area contributed by atoms with E-state index < -0.39 is 0 Å². The first-order valence-corrected chi connectivity index (χ1v) is 9.41. The standard InChI is InChI=1S/C25H17N3/c1-2-6-21-19(5-1)20-15-18(13-14-22(20)26-21)16-9-11-17(12-10-16)25-27-23-7-3-4-8-24(23)28-25/h1-15,26H,(H,27,28). The lowest BCUT2D eigenvalue weighted by Gasteiger charge is -2.04. The van der Waals surface area contributed by atoms with Crippen LogP contribution in [0.2, 0.25) is 0 Å². The number of nitrogens with one attached hydrogen (secondary N) is 2. The van der Waals surface area contributed by atoms with Gasteiger partial charge in [0.15, 0.2) is 0 Å². The van der Waals surface area contributed by atoms with Gasteiger partial charge in [0.25, 0.3) is 0 Å². The van der Waals surface area contributed by atoms with Gasteiger partial charge in [0.1, 0.15) is 5.82 Å². The molecule has 0 fully saturated rings. The number of hydrogen-bond donors (Lipinski definition) is 2. The van der Waals surface area contributed by atoms with E-state index >= 15 is 0 Å². The van der Waals surface area contributed by atoms with Crippen LogP contribution in [0.25, 0.3) is 55.4 Å². The normalized spacial score (nSPS) is 11.6. The molecule has 3 heteroatoms. The van der Waals surface area contributed by atoms with Gasteiger partial charge < -0.3 is 9.97 Å². The van der Waals surface area contributed by atoms with Gasteiger partial charge in [0.2, 0.25) is 0 Å². The van der Waals surface area contributed by atoms with Gasteiger partial charge in [0.05, 0.1) is 11.0 Å². The Morgan fingerprint density at radius 1 is 0.500 bits per heavy atom. The molecule has 0 saturated heterocycles. The number of H-pyrrole nitrogens is 2. The molecule has 28 heavy (non-hydrogen) atoms. The monoisotopic (exact) mass is 359 g/mol. The maximum atomic E-state index is 4.69. The maximum absolute atomic E-state index is 4.69. The number of benzene rings is 4. The van der Waals surface area contributed by atoms with E-state index in [9.17, 15) is 0 Å². The van der Waals surface area contributed by atoms with E-state index in [1.54, 1.807) is 0 Å². The van der Waals surface area contributed by atoms with Crippen molar-refractivity contribution in [2.24, 2.45) is 0 Å². The van der Waals surface area contributed by atoms with Crippen LogP contribution in [0.4, 0.5) is 0 Å². The Bertz CT molecular complexity index is 1420. The van der Waals surface area contributed by atoms with E-state index in [4.69, 9.17) is 4.98 Å². The second-order valence-corrected chi connectivity index (χ2v) is 7.11. The summed E-state index contributed by atoms with van der Waals surface area (Å²) in [5, 5.41) is 2.52. The number of rotatable bonds is 2. The summed E-state index contributed by atoms with van der Waals surface area (Å²) in [6.07, 6.45) is 0. The molecule has 2 N–H and O–H groups in total. The lowest BCUT2D eigenvalue weighted by Crippen LogP contribution is -1.82. The summed E-state index contributed by atoms with van der Waals surface area (Å²) >= 11 is 0. The molecule has 2 aromatic heterocycles. The quantitative estimate of drug-likeness (QED) is 0.363. The zero-order valence-corrected chi connectivity index (χ0v) is 15.1. The Balaban J connectivity index is 1.42. The van der Waals surface area contributed by atoms with Gasteiger partial charge in [-0.15, -0.1) is 0 Å². The predicted octanol–water partition coefficient (Wildman–Crippen LogP) is 6.53. The van der Waals surface area contributed by atoms with Crippen LogP contribution in [0.15, 0.2) is 91.0 Å². The number of aromatic amines is 2. The molecule has 0 aliphatic carbocycles. The lowest BCUT2D eigenvalue weighted by molar-refractivity contribution is 1.34. The van der Waals surface area contributed by atoms with Gasteiger partial charge in [-0.1, -0.05) is 60.7 Å². The molecule has 0 aliphatic heterocycles. The average molecular weight is 359 g/mol. The average Bonchev–Trinajstić information content (AvgIpc) is 3.35. The molecule has 0 spiro atoms. The third kappa shape index (κ3) is 2.33. The molecule has 0 unspecified atom stereocenters. The molecule has 0 amide bonds. The number of para-hydroxylation sites is 3. The Hall–Kier alpha value is -3.85. The summed E-state index contributed by atoms with van der Waals surface area (Å²) in [5.41, 5.74) is 7.91. The van der Waals surface area contributed by atoms with Crippen LogP contribution < -0.4 is 0 Å². The van der Waals surface area contributed by atoms with E-state index in [0.717, 1.165) is 22.4 Å². The fourth-order valence-corrected chi connectivity index (χ4v) is 3.94. The van der Waals surface area contributed by atoms with Gasteiger partial charge in [-0.3, -0.25) is 0 Å². The molecule has 0 aliphatic rings. The summed E-state index contributed by atoms with van der Waals surface area (Å²) in [5.74, 6) is 0.903. The van der Waals surface area contributed by atoms with Crippen molar-refractivity contribution in [3.05, 3.63) is 91.0 Å². The van der Waals surface area contributed by atoms with Gasteiger partial charge in [-0.05, 0) is 41.5 Å². The highest BCUT2D eigenvalue weighted by Gasteiger charge is 2.08. The molecule has 3 nitrogen and oxygen atoms in total. The number of nitrogens with zero attached hydrogens (tertiary/aromatic N) is 1. The highest BCUT2D eigenvalue weighted by atomic mass is 14.9. The molecule has 0 bridgehead atoms. The number of hydrogen-bond acceptors (Lipinski definition) is 1. The third-order valence-corrected chi connectivity index (χ3v) is 5.39. The predicted molar refractivity (Wildman–Crippen MR) is 116 cm³/mol. The van der Waals surface area contributed by atoms with Gasteiger partial charge >= 0.3 is 0 Å². The van der Waals surface area contributed by atoms with E-state index in [1.165, 1.54) is 32.9 Å². The largest absolute Gasteiger partial charge is 0.355 e. The van der Waals surface area contributed by atoms with Crippen molar-refractivity contribution < 1.29 is 0 Å². The number of imidazole rings is 1. The third-order valence-electron chi connectivity index (χ3n) is 5.39. The molecule has 6 aromatic rings. The van der Waals surface area contributed by atoms with E-state index in [1.807, 2.05) is 18.2 Å². The van der Waals surface area contributed by atoms with E-state index in [2.05, 4.69) is 82.8 Å². The van der Waals surface area contributed by atoms with Crippen molar-refractivity contribution in [3.8, 4) is 22.5 Å². The van der Waals surface area contributed by atoms with Crippen molar-refractivity contribution in [3.63, 3.8) is 0 Å². The summed E-state index contributed by atoms with van der Waals surface area (Å²) in [6.45, 7) is 0. The first-order chi connectivity index (χ1) is 13.8. The fourth-order valence-electron chi connectivity index (χ4n) is 3.94. The smallest absolute Gasteiger partial charge is 0.138 e. The zero-order chi connectivity index (χ0) is 18.5. The molecule has 2 heterocycles. The highest BCUT2D eigenvalue weighted by Crippen LogP contribution is 2.31. The molecule has 4 aromatic carbocycles. The lowest BCUT2D eigenvalue weighted by atomic mass is 10.0. The van der Waals surface area contributed by atoms with Crippen LogP contribution in [-0.4, -0.2) is 15.0 Å². The van der Waals surface area contributed by atoms with E-state index in [0.29, 0.717) is 0 Å². The summed E-state index contributed by atoms with van der Waals surface area (Å²) in [7, 11) is 0. The topological polar surface area (TPSA) is 44.5 Å². The Morgan fingerprint density at radius 3 is 2.04 bits per heavy atom. The molecule has 0 radical (unpaired) electrons. The summed E-state index contributed by atoms with van der Waals surface area (Å²) in [6, 6.07) is 31.8. The second-order valence-electron chi connectivity index (χ2n) is 7.11. The molecular weight excluding hydrogens is 342 g/mol. The highest BCUT2D eigenvalue weighted by molar-refractivity contribution is 6.08. The van der Waals surface area contributed by atoms with Crippen LogP contribution in [0, 0.1) is 0 Å². The summed E-state index contributed by atoms with van der Waals surface area (Å²) < 4.78 is 0. The minimum absolute atomic E-state index is 0.903. The molecule has 0 atom stereocenters. The van der Waals surface area contributed by atoms with Crippen molar-refractivity contribution >= 4 is 32.8 Å². The van der Waals surface area contributed by atoms with Crippen LogP contribution in [0.1, 0.15) is 0 Å². The number of fused-ring (bicyclic) bond motifs is 4. The van der Waals surface area contributed by atoms with Crippen LogP contribution in [0.3, 0.4) is 0 Å². The Morgan fingerprint density at radius 2 is 1.18 bits per heavy atom. The van der Waals surface area contributed by atoms with Crippen LogP contribution in [0.5, 0.6) is 0 Å². The van der Waals surface area contributed by atoms with Crippen LogP contribution >= 0.6 is 0 Å². The van der Waals surface area contributed by atoms with Crippen molar-refractivity contribution in [1.82, 2.24) is 15.0 Å². The summed E-state index contributed by atoms with van der Waals surface area (Å²) in [4.78, 5) is 11.6. The van der Waals surface area contributed by atoms with Crippen LogP contribution in [-0.2, 0) is 0 Å². The molecule has 132 valence electrons. The molecule has 0 saturated carbocycles. The number of aromatic nitrogens is 3. The second kappa shape index (κ2) is 5.83. The maximum Gasteiger partial charge on any atom is 0.138 e. The van der Waals surface area contributed by atoms with Gasteiger partial charge in [-0.25, -0.2) is 4.98 Å². The van der Waals surface area contributed by atoms with Crippen molar-refractivity contribution in [2.75, 3.05) is 0 Å². The SMILES string of the molecule is c1ccc2[nH]c(-c3ccc(-c4ccc5[nH]c6ccccc6c5c4)cc3)nc2c1. The van der Waals surface area contributed by atoms with Crippen molar-refractivity contribution in [2.45, 2.75) is 0 Å². The first-order valence-electron chi connectivity index (χ1n) is 9.41. The van der Waals surface area contributed by atoms with Gasteiger partial charge in [0, 0.05) is 27.4 Å².